The van der Waals surface area contributed by atoms with Crippen LogP contribution in [0.5, 0.6) is 11.6 Å². The van der Waals surface area contributed by atoms with Gasteiger partial charge in [0.1, 0.15) is 5.75 Å². The van der Waals surface area contributed by atoms with Crippen molar-refractivity contribution in [1.29, 1.82) is 0 Å². The molecular weight excluding hydrogens is 428 g/mol. The summed E-state index contributed by atoms with van der Waals surface area (Å²) >= 11 is 0. The van der Waals surface area contributed by atoms with Crippen molar-refractivity contribution in [2.75, 3.05) is 32.7 Å². The molecule has 2 saturated heterocycles. The molecule has 1 aromatic carbocycles. The summed E-state index contributed by atoms with van der Waals surface area (Å²) < 4.78 is 5.97. The Morgan fingerprint density at radius 1 is 1.09 bits per heavy atom. The Bertz CT molecular complexity index is 1140. The fourth-order valence-electron chi connectivity index (χ4n) is 4.56. The van der Waals surface area contributed by atoms with E-state index in [-0.39, 0.29) is 11.8 Å². The number of amides is 1. The van der Waals surface area contributed by atoms with Gasteiger partial charge in [-0.2, -0.15) is 0 Å². The number of ether oxygens (including phenoxy) is 1. The van der Waals surface area contributed by atoms with Gasteiger partial charge >= 0.3 is 0 Å². The second-order valence-electron chi connectivity index (χ2n) is 9.40. The van der Waals surface area contributed by atoms with Crippen LogP contribution in [0.4, 0.5) is 0 Å². The molecule has 3 aromatic rings. The standard InChI is InChI=1S/C26H32N6O2/c1-18(2)26(33)32-11-9-31(10-12-32)17-19-13-20-3-5-22(14-24(20)27-15-19)34-25-6-4-21(16-28-25)23-7-8-29-30-23/h3-6,13-16,18,23,29-30H,7-12,17H2,1-2H3. The molecule has 2 N–H and O–H groups in total. The van der Waals surface area contributed by atoms with Crippen molar-refractivity contribution < 1.29 is 9.53 Å². The Morgan fingerprint density at radius 3 is 2.65 bits per heavy atom. The number of carbonyl (C=O) groups excluding carboxylic acids is 1. The van der Waals surface area contributed by atoms with Crippen LogP contribution >= 0.6 is 0 Å². The molecule has 0 saturated carbocycles. The van der Waals surface area contributed by atoms with Crippen LogP contribution in [0.25, 0.3) is 10.9 Å². The molecule has 178 valence electrons. The molecule has 2 aromatic heterocycles. The van der Waals surface area contributed by atoms with E-state index in [4.69, 9.17) is 4.74 Å². The first-order valence-electron chi connectivity index (χ1n) is 12.1. The third-order valence-corrected chi connectivity index (χ3v) is 6.51. The maximum atomic E-state index is 12.2. The quantitative estimate of drug-likeness (QED) is 0.584. The summed E-state index contributed by atoms with van der Waals surface area (Å²) in [6, 6.07) is 12.4. The Labute approximate surface area is 200 Å². The number of hydrogen-bond acceptors (Lipinski definition) is 7. The van der Waals surface area contributed by atoms with Gasteiger partial charge in [-0.25, -0.2) is 4.98 Å². The fraction of sp³-hybridized carbons (Fsp3) is 0.423. The number of rotatable bonds is 6. The van der Waals surface area contributed by atoms with E-state index in [1.165, 1.54) is 5.56 Å². The zero-order valence-corrected chi connectivity index (χ0v) is 19.8. The van der Waals surface area contributed by atoms with Crippen molar-refractivity contribution in [3.63, 3.8) is 0 Å². The molecule has 8 heteroatoms. The first-order valence-corrected chi connectivity index (χ1v) is 12.1. The number of hydrogen-bond donors (Lipinski definition) is 2. The number of hydrazine groups is 1. The minimum Gasteiger partial charge on any atom is -0.439 e. The summed E-state index contributed by atoms with van der Waals surface area (Å²) in [7, 11) is 0. The largest absolute Gasteiger partial charge is 0.439 e. The zero-order chi connectivity index (χ0) is 23.5. The number of aromatic nitrogens is 2. The highest BCUT2D eigenvalue weighted by Crippen LogP contribution is 2.26. The number of carbonyl (C=O) groups is 1. The lowest BCUT2D eigenvalue weighted by molar-refractivity contribution is -0.136. The van der Waals surface area contributed by atoms with Crippen molar-refractivity contribution in [1.82, 2.24) is 30.6 Å². The Balaban J connectivity index is 1.19. The SMILES string of the molecule is CC(C)C(=O)N1CCN(Cc2cnc3cc(Oc4ccc(C5CCNN5)cn4)ccc3c2)CC1. The molecule has 0 radical (unpaired) electrons. The van der Waals surface area contributed by atoms with Gasteiger partial charge in [0, 0.05) is 81.1 Å². The maximum absolute atomic E-state index is 12.2. The van der Waals surface area contributed by atoms with Crippen molar-refractivity contribution >= 4 is 16.8 Å². The number of nitrogens with zero attached hydrogens (tertiary/aromatic N) is 4. The minimum absolute atomic E-state index is 0.0621. The Hall–Kier alpha value is -3.07. The average molecular weight is 461 g/mol. The molecule has 0 spiro atoms. The summed E-state index contributed by atoms with van der Waals surface area (Å²) in [6.45, 7) is 9.10. The number of piperazine rings is 1. The zero-order valence-electron chi connectivity index (χ0n) is 19.8. The molecule has 0 aliphatic carbocycles. The average Bonchev–Trinajstić information content (AvgIpc) is 3.40. The predicted molar refractivity (Wildman–Crippen MR) is 131 cm³/mol. The van der Waals surface area contributed by atoms with E-state index >= 15 is 0 Å². The lowest BCUT2D eigenvalue weighted by Gasteiger charge is -2.35. The molecule has 34 heavy (non-hydrogen) atoms. The maximum Gasteiger partial charge on any atom is 0.225 e. The monoisotopic (exact) mass is 460 g/mol. The highest BCUT2D eigenvalue weighted by molar-refractivity contribution is 5.80. The third kappa shape index (κ3) is 5.19. The van der Waals surface area contributed by atoms with Crippen LogP contribution in [0.15, 0.2) is 48.8 Å². The van der Waals surface area contributed by atoms with Crippen LogP contribution in [0.3, 0.4) is 0 Å². The minimum atomic E-state index is 0.0621. The van der Waals surface area contributed by atoms with Crippen LogP contribution in [0, 0.1) is 5.92 Å². The van der Waals surface area contributed by atoms with Gasteiger partial charge in [-0.15, -0.1) is 0 Å². The molecule has 1 unspecified atom stereocenters. The molecule has 8 nitrogen and oxygen atoms in total. The Kier molecular flexibility index (Phi) is 6.71. The molecule has 5 rings (SSSR count). The van der Waals surface area contributed by atoms with E-state index in [1.54, 1.807) is 0 Å². The highest BCUT2D eigenvalue weighted by Gasteiger charge is 2.23. The number of nitrogens with one attached hydrogen (secondary N) is 2. The van der Waals surface area contributed by atoms with E-state index in [0.29, 0.717) is 11.9 Å². The van der Waals surface area contributed by atoms with Gasteiger partial charge in [0.2, 0.25) is 11.8 Å². The molecule has 4 heterocycles. The lowest BCUT2D eigenvalue weighted by atomic mass is 10.1. The third-order valence-electron chi connectivity index (χ3n) is 6.51. The van der Waals surface area contributed by atoms with Crippen LogP contribution in [0.1, 0.15) is 37.4 Å². The predicted octanol–water partition coefficient (Wildman–Crippen LogP) is 3.26. The molecule has 2 fully saturated rings. The summed E-state index contributed by atoms with van der Waals surface area (Å²) in [5.74, 6) is 1.60. The summed E-state index contributed by atoms with van der Waals surface area (Å²) in [4.78, 5) is 25.7. The van der Waals surface area contributed by atoms with Gasteiger partial charge in [0.15, 0.2) is 0 Å². The first kappa shape index (κ1) is 22.7. The van der Waals surface area contributed by atoms with Crippen molar-refractivity contribution in [2.24, 2.45) is 5.92 Å². The highest BCUT2D eigenvalue weighted by atomic mass is 16.5. The van der Waals surface area contributed by atoms with Gasteiger partial charge in [-0.05, 0) is 35.7 Å². The molecular formula is C26H32N6O2. The smallest absolute Gasteiger partial charge is 0.225 e. The normalized spacial score (nSPS) is 19.1. The van der Waals surface area contributed by atoms with Gasteiger partial charge in [-0.1, -0.05) is 19.9 Å². The van der Waals surface area contributed by atoms with Crippen LogP contribution in [-0.4, -0.2) is 58.4 Å². The molecule has 0 bridgehead atoms. The van der Waals surface area contributed by atoms with Crippen LogP contribution in [0.2, 0.25) is 0 Å². The van der Waals surface area contributed by atoms with E-state index in [9.17, 15) is 4.79 Å². The second kappa shape index (κ2) is 10.0. The van der Waals surface area contributed by atoms with E-state index in [0.717, 1.165) is 67.9 Å². The number of benzene rings is 1. The van der Waals surface area contributed by atoms with Gasteiger partial charge in [0.05, 0.1) is 5.52 Å². The van der Waals surface area contributed by atoms with Crippen molar-refractivity contribution in [3.05, 3.63) is 59.9 Å². The molecule has 1 amide bonds. The van der Waals surface area contributed by atoms with E-state index < -0.39 is 0 Å². The number of fused-ring (bicyclic) bond motifs is 1. The molecule has 1 atom stereocenters. The fourth-order valence-corrected chi connectivity index (χ4v) is 4.56. The summed E-state index contributed by atoms with van der Waals surface area (Å²) in [5.41, 5.74) is 9.61. The topological polar surface area (TPSA) is 82.6 Å². The second-order valence-corrected chi connectivity index (χ2v) is 9.40. The van der Waals surface area contributed by atoms with Gasteiger partial charge < -0.3 is 9.64 Å². The number of pyridine rings is 2. The summed E-state index contributed by atoms with van der Waals surface area (Å²) in [6.07, 6.45) is 4.85. The first-order chi connectivity index (χ1) is 16.5. The van der Waals surface area contributed by atoms with E-state index in [2.05, 4.69) is 37.9 Å². The van der Waals surface area contributed by atoms with Crippen LogP contribution in [-0.2, 0) is 11.3 Å². The van der Waals surface area contributed by atoms with Gasteiger partial charge in [0.25, 0.3) is 0 Å². The van der Waals surface area contributed by atoms with Crippen LogP contribution < -0.4 is 15.6 Å². The van der Waals surface area contributed by atoms with Gasteiger partial charge in [-0.3, -0.25) is 25.5 Å². The molecule has 2 aliphatic heterocycles. The van der Waals surface area contributed by atoms with Crippen molar-refractivity contribution in [3.8, 4) is 11.6 Å². The Morgan fingerprint density at radius 2 is 1.94 bits per heavy atom. The molecule has 2 aliphatic rings. The lowest BCUT2D eigenvalue weighted by Crippen LogP contribution is -2.49. The van der Waals surface area contributed by atoms with E-state index in [1.807, 2.05) is 55.4 Å². The summed E-state index contributed by atoms with van der Waals surface area (Å²) in [5, 5.41) is 1.08. The van der Waals surface area contributed by atoms with Crippen molar-refractivity contribution in [2.45, 2.75) is 32.9 Å².